The highest BCUT2D eigenvalue weighted by atomic mass is 16.1. The molecule has 0 spiro atoms. The van der Waals surface area contributed by atoms with Crippen molar-refractivity contribution in [3.63, 3.8) is 0 Å². The summed E-state index contributed by atoms with van der Waals surface area (Å²) in [6, 6.07) is 1.20. The summed E-state index contributed by atoms with van der Waals surface area (Å²) in [7, 11) is 0. The standard InChI is InChI=1S/C15H28N2O/c1-3-4-6-13-9-14(16-12(2)18)11-17(10-13)15-7-5-8-15/h13-15H,3-11H2,1-2H3,(H,16,18). The van der Waals surface area contributed by atoms with E-state index in [-0.39, 0.29) is 5.91 Å². The predicted octanol–water partition coefficient (Wildman–Crippen LogP) is 2.56. The Morgan fingerprint density at radius 2 is 2.11 bits per heavy atom. The Bertz CT molecular complexity index is 276. The van der Waals surface area contributed by atoms with Gasteiger partial charge in [0.1, 0.15) is 0 Å². The summed E-state index contributed by atoms with van der Waals surface area (Å²) in [6.07, 6.45) is 9.26. The Morgan fingerprint density at radius 1 is 1.33 bits per heavy atom. The first kappa shape index (κ1) is 13.9. The van der Waals surface area contributed by atoms with Crippen molar-refractivity contribution in [3.05, 3.63) is 0 Å². The highest BCUT2D eigenvalue weighted by molar-refractivity contribution is 5.73. The average molecular weight is 252 g/mol. The number of piperidine rings is 1. The Balaban J connectivity index is 1.88. The normalized spacial score (nSPS) is 29.9. The summed E-state index contributed by atoms with van der Waals surface area (Å²) in [6.45, 7) is 6.24. The highest BCUT2D eigenvalue weighted by Gasteiger charge is 2.33. The van der Waals surface area contributed by atoms with Crippen LogP contribution in [-0.2, 0) is 4.79 Å². The smallest absolute Gasteiger partial charge is 0.217 e. The van der Waals surface area contributed by atoms with E-state index in [4.69, 9.17) is 0 Å². The lowest BCUT2D eigenvalue weighted by Crippen LogP contribution is -2.55. The summed E-state index contributed by atoms with van der Waals surface area (Å²) >= 11 is 0. The van der Waals surface area contributed by atoms with Crippen molar-refractivity contribution in [2.45, 2.75) is 70.9 Å². The summed E-state index contributed by atoms with van der Waals surface area (Å²) in [5.74, 6) is 0.917. The van der Waals surface area contributed by atoms with Crippen molar-refractivity contribution in [2.75, 3.05) is 13.1 Å². The van der Waals surface area contributed by atoms with E-state index in [1.54, 1.807) is 6.92 Å². The fourth-order valence-corrected chi connectivity index (χ4v) is 3.38. The number of nitrogens with zero attached hydrogens (tertiary/aromatic N) is 1. The molecule has 1 saturated carbocycles. The molecule has 104 valence electrons. The zero-order valence-electron chi connectivity index (χ0n) is 12.0. The predicted molar refractivity (Wildman–Crippen MR) is 74.4 cm³/mol. The Labute approximate surface area is 111 Å². The first-order valence-electron chi connectivity index (χ1n) is 7.70. The molecule has 2 unspecified atom stereocenters. The first-order valence-corrected chi connectivity index (χ1v) is 7.70. The number of amides is 1. The van der Waals surface area contributed by atoms with Crippen LogP contribution in [0.2, 0.25) is 0 Å². The van der Waals surface area contributed by atoms with Gasteiger partial charge in [0.05, 0.1) is 0 Å². The van der Waals surface area contributed by atoms with E-state index in [2.05, 4.69) is 17.1 Å². The van der Waals surface area contributed by atoms with Crippen LogP contribution in [-0.4, -0.2) is 36.0 Å². The lowest BCUT2D eigenvalue weighted by atomic mass is 9.84. The zero-order valence-corrected chi connectivity index (χ0v) is 12.0. The monoisotopic (exact) mass is 252 g/mol. The van der Waals surface area contributed by atoms with Crippen LogP contribution in [0.5, 0.6) is 0 Å². The SMILES string of the molecule is CCCCC1CC(NC(C)=O)CN(C2CCC2)C1. The Hall–Kier alpha value is -0.570. The summed E-state index contributed by atoms with van der Waals surface area (Å²) in [5.41, 5.74) is 0. The molecule has 1 aliphatic heterocycles. The van der Waals surface area contributed by atoms with Crippen LogP contribution in [0.1, 0.15) is 58.8 Å². The molecule has 2 aliphatic rings. The maximum atomic E-state index is 11.3. The van der Waals surface area contributed by atoms with Gasteiger partial charge in [-0.1, -0.05) is 26.2 Å². The lowest BCUT2D eigenvalue weighted by Gasteiger charge is -2.45. The van der Waals surface area contributed by atoms with E-state index >= 15 is 0 Å². The van der Waals surface area contributed by atoms with Crippen LogP contribution < -0.4 is 5.32 Å². The van der Waals surface area contributed by atoms with Gasteiger partial charge < -0.3 is 5.32 Å². The first-order chi connectivity index (χ1) is 8.69. The zero-order chi connectivity index (χ0) is 13.0. The lowest BCUT2D eigenvalue weighted by molar-refractivity contribution is -0.120. The van der Waals surface area contributed by atoms with Crippen LogP contribution in [0.15, 0.2) is 0 Å². The van der Waals surface area contributed by atoms with Crippen molar-refractivity contribution < 1.29 is 4.79 Å². The number of carbonyl (C=O) groups is 1. The third-order valence-electron chi connectivity index (χ3n) is 4.53. The fourth-order valence-electron chi connectivity index (χ4n) is 3.38. The highest BCUT2D eigenvalue weighted by Crippen LogP contribution is 2.30. The van der Waals surface area contributed by atoms with Gasteiger partial charge in [-0.25, -0.2) is 0 Å². The quantitative estimate of drug-likeness (QED) is 0.815. The largest absolute Gasteiger partial charge is 0.352 e. The molecule has 0 aromatic rings. The second-order valence-electron chi connectivity index (χ2n) is 6.18. The Kier molecular flexibility index (Phi) is 5.04. The van der Waals surface area contributed by atoms with E-state index < -0.39 is 0 Å². The molecular weight excluding hydrogens is 224 g/mol. The Morgan fingerprint density at radius 3 is 2.67 bits per heavy atom. The average Bonchev–Trinajstić information content (AvgIpc) is 2.22. The van der Waals surface area contributed by atoms with Crippen molar-refractivity contribution in [3.8, 4) is 0 Å². The van der Waals surface area contributed by atoms with Crippen LogP contribution in [0, 0.1) is 5.92 Å². The molecule has 2 fully saturated rings. The van der Waals surface area contributed by atoms with Crippen molar-refractivity contribution in [1.82, 2.24) is 10.2 Å². The summed E-state index contributed by atoms with van der Waals surface area (Å²) in [4.78, 5) is 13.9. The van der Waals surface area contributed by atoms with Crippen LogP contribution in [0.25, 0.3) is 0 Å². The molecule has 1 heterocycles. The maximum Gasteiger partial charge on any atom is 0.217 e. The van der Waals surface area contributed by atoms with Gasteiger partial charge in [0.15, 0.2) is 0 Å². The number of hydrogen-bond acceptors (Lipinski definition) is 2. The number of nitrogens with one attached hydrogen (secondary N) is 1. The van der Waals surface area contributed by atoms with Crippen LogP contribution in [0.4, 0.5) is 0 Å². The number of carbonyl (C=O) groups excluding carboxylic acids is 1. The second-order valence-corrected chi connectivity index (χ2v) is 6.18. The molecule has 1 saturated heterocycles. The minimum absolute atomic E-state index is 0.129. The molecule has 0 radical (unpaired) electrons. The van der Waals surface area contributed by atoms with Gasteiger partial charge in [-0.05, 0) is 31.6 Å². The molecular formula is C15H28N2O. The number of hydrogen-bond donors (Lipinski definition) is 1. The van der Waals surface area contributed by atoms with Crippen molar-refractivity contribution in [1.29, 1.82) is 0 Å². The van der Waals surface area contributed by atoms with Crippen LogP contribution in [0.3, 0.4) is 0 Å². The van der Waals surface area contributed by atoms with Gasteiger partial charge in [-0.15, -0.1) is 0 Å². The number of rotatable bonds is 5. The van der Waals surface area contributed by atoms with E-state index in [1.165, 1.54) is 51.5 Å². The topological polar surface area (TPSA) is 32.3 Å². The van der Waals surface area contributed by atoms with Gasteiger partial charge in [-0.2, -0.15) is 0 Å². The molecule has 1 N–H and O–H groups in total. The minimum atomic E-state index is 0.129. The summed E-state index contributed by atoms with van der Waals surface area (Å²) < 4.78 is 0. The van der Waals surface area contributed by atoms with E-state index in [0.717, 1.165) is 18.5 Å². The molecule has 0 bridgehead atoms. The maximum absolute atomic E-state index is 11.3. The van der Waals surface area contributed by atoms with E-state index in [9.17, 15) is 4.79 Å². The van der Waals surface area contributed by atoms with E-state index in [0.29, 0.717) is 6.04 Å². The molecule has 1 aliphatic carbocycles. The van der Waals surface area contributed by atoms with Gasteiger partial charge in [0, 0.05) is 32.1 Å². The molecule has 3 nitrogen and oxygen atoms in total. The molecule has 0 aromatic heterocycles. The molecule has 0 aromatic carbocycles. The fraction of sp³-hybridized carbons (Fsp3) is 0.933. The minimum Gasteiger partial charge on any atom is -0.352 e. The van der Waals surface area contributed by atoms with Gasteiger partial charge >= 0.3 is 0 Å². The summed E-state index contributed by atoms with van der Waals surface area (Å²) in [5, 5.41) is 3.14. The van der Waals surface area contributed by atoms with Crippen molar-refractivity contribution in [2.24, 2.45) is 5.92 Å². The van der Waals surface area contributed by atoms with Crippen molar-refractivity contribution >= 4 is 5.91 Å². The second kappa shape index (κ2) is 6.55. The molecule has 2 rings (SSSR count). The number of unbranched alkanes of at least 4 members (excludes halogenated alkanes) is 1. The third kappa shape index (κ3) is 3.71. The van der Waals surface area contributed by atoms with Crippen LogP contribution >= 0.6 is 0 Å². The third-order valence-corrected chi connectivity index (χ3v) is 4.53. The molecule has 3 heteroatoms. The molecule has 1 amide bonds. The molecule has 2 atom stereocenters. The van der Waals surface area contributed by atoms with Gasteiger partial charge in [-0.3, -0.25) is 9.69 Å². The number of likely N-dealkylation sites (tertiary alicyclic amines) is 1. The van der Waals surface area contributed by atoms with Gasteiger partial charge in [0.25, 0.3) is 0 Å². The van der Waals surface area contributed by atoms with Gasteiger partial charge in [0.2, 0.25) is 5.91 Å². The van der Waals surface area contributed by atoms with E-state index in [1.807, 2.05) is 0 Å². The molecule has 18 heavy (non-hydrogen) atoms.